The zero-order valence-corrected chi connectivity index (χ0v) is 16.6. The van der Waals surface area contributed by atoms with Crippen LogP contribution < -0.4 is 10.1 Å². The Hall–Kier alpha value is -2.13. The minimum atomic E-state index is -3.71. The van der Waals surface area contributed by atoms with E-state index in [-0.39, 0.29) is 22.3 Å². The van der Waals surface area contributed by atoms with Gasteiger partial charge in [0, 0.05) is 19.1 Å². The van der Waals surface area contributed by atoms with Crippen LogP contribution in [0.4, 0.5) is 0 Å². The van der Waals surface area contributed by atoms with Crippen LogP contribution in [0.1, 0.15) is 43.5 Å². The van der Waals surface area contributed by atoms with Crippen molar-refractivity contribution < 1.29 is 27.9 Å². The lowest BCUT2D eigenvalue weighted by Crippen LogP contribution is -2.34. The summed E-state index contributed by atoms with van der Waals surface area (Å²) in [7, 11) is -2.31. The Morgan fingerprint density at radius 2 is 1.93 bits per heavy atom. The summed E-state index contributed by atoms with van der Waals surface area (Å²) in [6.07, 6.45) is 1.44. The molecule has 9 heteroatoms. The van der Waals surface area contributed by atoms with E-state index in [0.29, 0.717) is 32.4 Å². The van der Waals surface area contributed by atoms with Gasteiger partial charge in [-0.3, -0.25) is 9.59 Å². The summed E-state index contributed by atoms with van der Waals surface area (Å²) in [4.78, 5) is 23.8. The first-order valence-electron chi connectivity index (χ1n) is 8.96. The van der Waals surface area contributed by atoms with Crippen molar-refractivity contribution in [3.8, 4) is 5.75 Å². The molecular formula is C18H26N2O6S. The predicted octanol–water partition coefficient (Wildman–Crippen LogP) is 1.71. The molecule has 1 aliphatic rings. The van der Waals surface area contributed by atoms with E-state index in [4.69, 9.17) is 9.84 Å². The van der Waals surface area contributed by atoms with Crippen molar-refractivity contribution in [2.75, 3.05) is 20.2 Å². The number of carboxylic acids is 1. The molecule has 1 saturated carbocycles. The number of rotatable bonds is 8. The number of sulfonamides is 1. The number of hydrogen-bond acceptors (Lipinski definition) is 5. The summed E-state index contributed by atoms with van der Waals surface area (Å²) in [5.41, 5.74) is 0.115. The topological polar surface area (TPSA) is 113 Å². The molecule has 0 aromatic heterocycles. The average Bonchev–Trinajstić information content (AvgIpc) is 3.10. The van der Waals surface area contributed by atoms with Gasteiger partial charge in [-0.1, -0.05) is 13.8 Å². The molecule has 0 bridgehead atoms. The number of aliphatic carboxylic acids is 1. The number of nitrogens with zero attached hydrogens (tertiary/aromatic N) is 1. The first kappa shape index (κ1) is 21.2. The summed E-state index contributed by atoms with van der Waals surface area (Å²) in [6, 6.07) is 3.93. The highest BCUT2D eigenvalue weighted by molar-refractivity contribution is 7.89. The second kappa shape index (κ2) is 8.71. The lowest BCUT2D eigenvalue weighted by molar-refractivity contribution is -0.141. The fourth-order valence-corrected chi connectivity index (χ4v) is 4.82. The lowest BCUT2D eigenvalue weighted by atomic mass is 10.1. The molecule has 1 aromatic rings. The second-order valence-electron chi connectivity index (χ2n) is 6.47. The van der Waals surface area contributed by atoms with Gasteiger partial charge >= 0.3 is 5.97 Å². The summed E-state index contributed by atoms with van der Waals surface area (Å²) in [5.74, 6) is -1.54. The molecule has 1 amide bonds. The van der Waals surface area contributed by atoms with Gasteiger partial charge < -0.3 is 15.2 Å². The van der Waals surface area contributed by atoms with Crippen LogP contribution in [0, 0.1) is 5.92 Å². The van der Waals surface area contributed by atoms with E-state index in [2.05, 4.69) is 5.32 Å². The fraction of sp³-hybridized carbons (Fsp3) is 0.556. The molecule has 2 rings (SSSR count). The molecule has 1 aliphatic carbocycles. The molecule has 1 aromatic carbocycles. The summed E-state index contributed by atoms with van der Waals surface area (Å²) >= 11 is 0. The zero-order valence-electron chi connectivity index (χ0n) is 15.8. The van der Waals surface area contributed by atoms with Crippen LogP contribution in [0.25, 0.3) is 0 Å². The number of methoxy groups -OCH3 is 1. The van der Waals surface area contributed by atoms with E-state index in [1.165, 1.54) is 29.6 Å². The van der Waals surface area contributed by atoms with E-state index in [0.717, 1.165) is 0 Å². The minimum absolute atomic E-state index is 0.0204. The van der Waals surface area contributed by atoms with Gasteiger partial charge in [-0.2, -0.15) is 4.31 Å². The Labute approximate surface area is 159 Å². The molecule has 1 fully saturated rings. The largest absolute Gasteiger partial charge is 0.496 e. The number of carbonyl (C=O) groups excluding carboxylic acids is 1. The van der Waals surface area contributed by atoms with Gasteiger partial charge in [0.25, 0.3) is 5.91 Å². The Bertz CT molecular complexity index is 804. The van der Waals surface area contributed by atoms with Gasteiger partial charge in [-0.25, -0.2) is 8.42 Å². The van der Waals surface area contributed by atoms with Crippen LogP contribution in [0.2, 0.25) is 0 Å². The molecule has 0 unspecified atom stereocenters. The van der Waals surface area contributed by atoms with Crippen molar-refractivity contribution in [1.29, 1.82) is 0 Å². The molecule has 0 saturated heterocycles. The number of ether oxygens (including phenoxy) is 1. The van der Waals surface area contributed by atoms with Crippen molar-refractivity contribution in [3.63, 3.8) is 0 Å². The smallest absolute Gasteiger partial charge is 0.306 e. The summed E-state index contributed by atoms with van der Waals surface area (Å²) < 4.78 is 32.0. The van der Waals surface area contributed by atoms with Gasteiger partial charge in [0.2, 0.25) is 10.0 Å². The van der Waals surface area contributed by atoms with E-state index >= 15 is 0 Å². The van der Waals surface area contributed by atoms with Crippen LogP contribution >= 0.6 is 0 Å². The average molecular weight is 398 g/mol. The SMILES string of the molecule is CCN(CC)S(=O)(=O)c1ccc(OC)c(C(=O)N[C@@H]2CC[C@H](C(=O)O)C2)c1. The third-order valence-corrected chi connectivity index (χ3v) is 6.92. The van der Waals surface area contributed by atoms with Gasteiger partial charge in [0.05, 0.1) is 23.5 Å². The maximum absolute atomic E-state index is 12.7. The van der Waals surface area contributed by atoms with Crippen LogP contribution in [0.3, 0.4) is 0 Å². The van der Waals surface area contributed by atoms with Crippen molar-refractivity contribution >= 4 is 21.9 Å². The molecule has 0 heterocycles. The normalized spacial score (nSPS) is 19.9. The second-order valence-corrected chi connectivity index (χ2v) is 8.41. The van der Waals surface area contributed by atoms with Crippen molar-refractivity contribution in [1.82, 2.24) is 9.62 Å². The highest BCUT2D eigenvalue weighted by Gasteiger charge is 2.31. The number of hydrogen-bond donors (Lipinski definition) is 2. The number of carbonyl (C=O) groups is 2. The zero-order chi connectivity index (χ0) is 20.2. The maximum atomic E-state index is 12.7. The van der Waals surface area contributed by atoms with Gasteiger partial charge in [0.1, 0.15) is 5.75 Å². The number of nitrogens with one attached hydrogen (secondary N) is 1. The molecule has 27 heavy (non-hydrogen) atoms. The van der Waals surface area contributed by atoms with Crippen molar-refractivity contribution in [3.05, 3.63) is 23.8 Å². The van der Waals surface area contributed by atoms with E-state index in [1.54, 1.807) is 13.8 Å². The van der Waals surface area contributed by atoms with E-state index in [1.807, 2.05) is 0 Å². The molecule has 150 valence electrons. The van der Waals surface area contributed by atoms with Gasteiger partial charge in [-0.15, -0.1) is 0 Å². The van der Waals surface area contributed by atoms with Gasteiger partial charge in [0.15, 0.2) is 0 Å². The molecular weight excluding hydrogens is 372 g/mol. The van der Waals surface area contributed by atoms with Crippen LogP contribution in [-0.2, 0) is 14.8 Å². The number of carboxylic acid groups (broad SMARTS) is 1. The molecule has 0 aliphatic heterocycles. The van der Waals surface area contributed by atoms with Crippen LogP contribution in [0.5, 0.6) is 5.75 Å². The van der Waals surface area contributed by atoms with E-state index < -0.39 is 27.8 Å². The highest BCUT2D eigenvalue weighted by Crippen LogP contribution is 2.28. The number of benzene rings is 1. The molecule has 0 radical (unpaired) electrons. The third-order valence-electron chi connectivity index (χ3n) is 4.88. The monoisotopic (exact) mass is 398 g/mol. The summed E-state index contributed by atoms with van der Waals surface area (Å²) in [6.45, 7) is 4.14. The Morgan fingerprint density at radius 3 is 2.44 bits per heavy atom. The quantitative estimate of drug-likeness (QED) is 0.689. The van der Waals surface area contributed by atoms with Crippen LogP contribution in [0.15, 0.2) is 23.1 Å². The predicted molar refractivity (Wildman–Crippen MR) is 99.3 cm³/mol. The standard InChI is InChI=1S/C18H26N2O6S/c1-4-20(5-2)27(24,25)14-8-9-16(26-3)15(11-14)17(21)19-13-7-6-12(10-13)18(22)23/h8-9,11-13H,4-7,10H2,1-3H3,(H,19,21)(H,22,23)/t12-,13+/m0/s1. The first-order chi connectivity index (χ1) is 12.7. The Balaban J connectivity index is 2.27. The molecule has 8 nitrogen and oxygen atoms in total. The first-order valence-corrected chi connectivity index (χ1v) is 10.4. The summed E-state index contributed by atoms with van der Waals surface area (Å²) in [5, 5.41) is 11.9. The highest BCUT2D eigenvalue weighted by atomic mass is 32.2. The lowest BCUT2D eigenvalue weighted by Gasteiger charge is -2.20. The van der Waals surface area contributed by atoms with Crippen molar-refractivity contribution in [2.24, 2.45) is 5.92 Å². The van der Waals surface area contributed by atoms with Gasteiger partial charge in [-0.05, 0) is 37.5 Å². The third kappa shape index (κ3) is 4.59. The fourth-order valence-electron chi connectivity index (χ4n) is 3.34. The maximum Gasteiger partial charge on any atom is 0.306 e. The Kier molecular flexibility index (Phi) is 6.83. The Morgan fingerprint density at radius 1 is 1.26 bits per heavy atom. The van der Waals surface area contributed by atoms with Crippen LogP contribution in [-0.4, -0.2) is 55.9 Å². The molecule has 2 N–H and O–H groups in total. The molecule has 2 atom stereocenters. The van der Waals surface area contributed by atoms with E-state index in [9.17, 15) is 18.0 Å². The van der Waals surface area contributed by atoms with Crippen molar-refractivity contribution in [2.45, 2.75) is 44.0 Å². The molecule has 0 spiro atoms. The minimum Gasteiger partial charge on any atom is -0.496 e. The number of amides is 1.